The maximum absolute atomic E-state index is 12.3. The Hall–Kier alpha value is -1.51. The van der Waals surface area contributed by atoms with Gasteiger partial charge in [-0.15, -0.1) is 0 Å². The van der Waals surface area contributed by atoms with E-state index in [0.29, 0.717) is 0 Å². The highest BCUT2D eigenvalue weighted by Gasteiger charge is 2.38. The van der Waals surface area contributed by atoms with Gasteiger partial charge in [-0.1, -0.05) is 0 Å². The summed E-state index contributed by atoms with van der Waals surface area (Å²) >= 11 is 0. The Morgan fingerprint density at radius 3 is 2.42 bits per heavy atom. The van der Waals surface area contributed by atoms with Crippen LogP contribution in [0.4, 0.5) is 13.2 Å². The topological polar surface area (TPSA) is 61.1 Å². The molecule has 0 radical (unpaired) electrons. The Labute approximate surface area is 65.7 Å². The predicted molar refractivity (Wildman–Crippen MR) is 32.3 cm³/mol. The number of halogens is 3. The first-order valence-corrected chi connectivity index (χ1v) is 2.73. The third kappa shape index (κ3) is 2.27. The van der Waals surface area contributed by atoms with Gasteiger partial charge >= 0.3 is 11.9 Å². The van der Waals surface area contributed by atoms with Crippen molar-refractivity contribution in [2.75, 3.05) is 6.67 Å². The van der Waals surface area contributed by atoms with Crippen LogP contribution in [0.3, 0.4) is 0 Å². The van der Waals surface area contributed by atoms with Crippen molar-refractivity contribution >= 4 is 5.97 Å². The zero-order valence-electron chi connectivity index (χ0n) is 5.72. The van der Waals surface area contributed by atoms with Crippen molar-refractivity contribution in [3.05, 3.63) is 11.6 Å². The second-order valence-corrected chi connectivity index (χ2v) is 1.83. The largest absolute Gasteiger partial charge is 0.478 e. The van der Waals surface area contributed by atoms with Crippen molar-refractivity contribution in [3.8, 4) is 6.07 Å². The molecule has 0 saturated heterocycles. The molecule has 0 saturated carbocycles. The zero-order valence-corrected chi connectivity index (χ0v) is 5.72. The summed E-state index contributed by atoms with van der Waals surface area (Å²) < 4.78 is 36.1. The van der Waals surface area contributed by atoms with Crippen molar-refractivity contribution in [2.45, 2.75) is 5.92 Å². The van der Waals surface area contributed by atoms with Gasteiger partial charge in [-0.05, 0) is 0 Å². The van der Waals surface area contributed by atoms with Crippen LogP contribution in [0, 0.1) is 11.3 Å². The Balaban J connectivity index is 4.91. The lowest BCUT2D eigenvalue weighted by Crippen LogP contribution is -2.27. The number of aliphatic carboxylic acids is 1. The molecule has 0 rings (SSSR count). The summed E-state index contributed by atoms with van der Waals surface area (Å²) in [5.41, 5.74) is -1.53. The van der Waals surface area contributed by atoms with E-state index in [0.717, 1.165) is 6.07 Å². The molecule has 0 bridgehead atoms. The number of nitrogens with zero attached hydrogens (tertiary/aromatic N) is 1. The number of rotatable bonds is 3. The second kappa shape index (κ2) is 3.76. The summed E-state index contributed by atoms with van der Waals surface area (Å²) in [4.78, 5) is 10.0. The zero-order chi connectivity index (χ0) is 9.78. The molecule has 0 aromatic rings. The van der Waals surface area contributed by atoms with E-state index >= 15 is 0 Å². The molecule has 66 valence electrons. The number of hydrogen-bond acceptors (Lipinski definition) is 2. The predicted octanol–water partition coefficient (Wildman–Crippen LogP) is 1.13. The molecule has 1 N–H and O–H groups in total. The minimum Gasteiger partial charge on any atom is -0.478 e. The summed E-state index contributed by atoms with van der Waals surface area (Å²) in [6, 6.07) is 1.10. The number of carbonyl (C=O) groups is 1. The lowest BCUT2D eigenvalue weighted by Gasteiger charge is -2.10. The highest BCUT2D eigenvalue weighted by Crippen LogP contribution is 2.24. The van der Waals surface area contributed by atoms with Gasteiger partial charge in [0.15, 0.2) is 6.67 Å². The summed E-state index contributed by atoms with van der Waals surface area (Å²) in [6.07, 6.45) is 0.113. The van der Waals surface area contributed by atoms with Gasteiger partial charge in [0.2, 0.25) is 0 Å². The van der Waals surface area contributed by atoms with Crippen LogP contribution < -0.4 is 0 Å². The fourth-order valence-corrected chi connectivity index (χ4v) is 0.460. The van der Waals surface area contributed by atoms with E-state index in [1.54, 1.807) is 0 Å². The van der Waals surface area contributed by atoms with Crippen LogP contribution in [0.1, 0.15) is 0 Å². The molecule has 0 aliphatic rings. The first-order valence-electron chi connectivity index (χ1n) is 2.73. The van der Waals surface area contributed by atoms with Crippen molar-refractivity contribution < 1.29 is 23.1 Å². The van der Waals surface area contributed by atoms with Gasteiger partial charge in [0.25, 0.3) is 0 Å². The minimum atomic E-state index is -4.10. The smallest absolute Gasteiger partial charge is 0.338 e. The van der Waals surface area contributed by atoms with E-state index < -0.39 is 24.1 Å². The van der Waals surface area contributed by atoms with Gasteiger partial charge in [-0.25, -0.2) is 9.18 Å². The quantitative estimate of drug-likeness (QED) is 0.521. The van der Waals surface area contributed by atoms with Gasteiger partial charge in [-0.2, -0.15) is 14.0 Å². The molecule has 6 heteroatoms. The molecule has 0 spiro atoms. The lowest BCUT2D eigenvalue weighted by atomic mass is 10.1. The monoisotopic (exact) mass is 179 g/mol. The third-order valence-electron chi connectivity index (χ3n) is 1.00. The normalized spacial score (nSPS) is 12.3. The third-order valence-corrected chi connectivity index (χ3v) is 1.00. The number of hydrogen-bond donors (Lipinski definition) is 1. The molecule has 0 unspecified atom stereocenters. The molecule has 3 nitrogen and oxygen atoms in total. The first-order chi connectivity index (χ1) is 5.45. The molecule has 0 heterocycles. The first kappa shape index (κ1) is 10.5. The van der Waals surface area contributed by atoms with Crippen LogP contribution >= 0.6 is 0 Å². The number of carboxylic acids is 1. The Kier molecular flexibility index (Phi) is 3.29. The molecule has 0 aliphatic carbocycles. The van der Waals surface area contributed by atoms with Crippen LogP contribution in [0.15, 0.2) is 11.6 Å². The van der Waals surface area contributed by atoms with Gasteiger partial charge in [0.05, 0.1) is 6.07 Å². The molecular weight excluding hydrogens is 175 g/mol. The minimum absolute atomic E-state index is 0.113. The Morgan fingerprint density at radius 1 is 1.67 bits per heavy atom. The average Bonchev–Trinajstić information content (AvgIpc) is 1.99. The summed E-state index contributed by atoms with van der Waals surface area (Å²) in [7, 11) is 0. The van der Waals surface area contributed by atoms with Gasteiger partial charge in [0, 0.05) is 6.08 Å². The molecule has 0 aliphatic heterocycles. The maximum atomic E-state index is 12.3. The summed E-state index contributed by atoms with van der Waals surface area (Å²) in [5, 5.41) is 16.0. The molecule has 0 fully saturated rings. The van der Waals surface area contributed by atoms with E-state index in [4.69, 9.17) is 10.4 Å². The van der Waals surface area contributed by atoms with Crippen LogP contribution in [0.25, 0.3) is 0 Å². The van der Waals surface area contributed by atoms with Crippen LogP contribution in [0.5, 0.6) is 0 Å². The highest BCUT2D eigenvalue weighted by molar-refractivity contribution is 5.89. The van der Waals surface area contributed by atoms with Crippen molar-refractivity contribution in [1.29, 1.82) is 5.26 Å². The standard InChI is InChI=1S/C6H4F3NO2/c7-3-6(8,9)4(1-2-10)5(11)12/h1H,3H2,(H,11,12)/b4-1+. The van der Waals surface area contributed by atoms with E-state index in [2.05, 4.69) is 0 Å². The molecule has 0 aromatic carbocycles. The highest BCUT2D eigenvalue weighted by atomic mass is 19.3. The van der Waals surface area contributed by atoms with Crippen molar-refractivity contribution in [3.63, 3.8) is 0 Å². The van der Waals surface area contributed by atoms with Gasteiger partial charge < -0.3 is 5.11 Å². The van der Waals surface area contributed by atoms with Crippen LogP contribution in [0.2, 0.25) is 0 Å². The van der Waals surface area contributed by atoms with E-state index in [-0.39, 0.29) is 6.08 Å². The second-order valence-electron chi connectivity index (χ2n) is 1.83. The molecule has 0 aromatic heterocycles. The summed E-state index contributed by atoms with van der Waals surface area (Å²) in [5.74, 6) is -6.10. The fraction of sp³-hybridized carbons (Fsp3) is 0.333. The molecule has 12 heavy (non-hydrogen) atoms. The van der Waals surface area contributed by atoms with E-state index in [9.17, 15) is 18.0 Å². The Bertz CT molecular complexity index is 254. The number of alkyl halides is 3. The SMILES string of the molecule is N#C/C=C(\C(=O)O)C(F)(F)CF. The fourth-order valence-electron chi connectivity index (χ4n) is 0.460. The maximum Gasteiger partial charge on any atom is 0.338 e. The number of carboxylic acid groups (broad SMARTS) is 1. The summed E-state index contributed by atoms with van der Waals surface area (Å²) in [6.45, 7) is -2.13. The average molecular weight is 179 g/mol. The molecule has 0 atom stereocenters. The van der Waals surface area contributed by atoms with Crippen molar-refractivity contribution in [1.82, 2.24) is 0 Å². The Morgan fingerprint density at radius 2 is 2.17 bits per heavy atom. The number of allylic oxidation sites excluding steroid dienone is 1. The number of nitriles is 1. The van der Waals surface area contributed by atoms with Gasteiger partial charge in [-0.3, -0.25) is 0 Å². The van der Waals surface area contributed by atoms with E-state index in [1.165, 1.54) is 0 Å². The lowest BCUT2D eigenvalue weighted by molar-refractivity contribution is -0.136. The van der Waals surface area contributed by atoms with Crippen LogP contribution in [-0.2, 0) is 4.79 Å². The molecular formula is C6H4F3NO2. The van der Waals surface area contributed by atoms with Crippen molar-refractivity contribution in [2.24, 2.45) is 0 Å². The van der Waals surface area contributed by atoms with Crippen LogP contribution in [-0.4, -0.2) is 23.7 Å². The van der Waals surface area contributed by atoms with E-state index in [1.807, 2.05) is 0 Å². The van der Waals surface area contributed by atoms with Gasteiger partial charge in [0.1, 0.15) is 5.57 Å². The molecule has 0 amide bonds.